The summed E-state index contributed by atoms with van der Waals surface area (Å²) in [6, 6.07) is 7.11. The van der Waals surface area contributed by atoms with Crippen LogP contribution in [0.25, 0.3) is 0 Å². The Morgan fingerprint density at radius 3 is 2.68 bits per heavy atom. The molecule has 5 heteroatoms. The first-order chi connectivity index (χ1) is 9.00. The van der Waals surface area contributed by atoms with Crippen molar-refractivity contribution >= 4 is 5.84 Å². The van der Waals surface area contributed by atoms with Crippen molar-refractivity contribution in [2.45, 2.75) is 38.4 Å². The molecule has 0 amide bonds. The van der Waals surface area contributed by atoms with Crippen LogP contribution in [-0.4, -0.2) is 29.4 Å². The number of hydrogen-bond donors (Lipinski definition) is 2. The summed E-state index contributed by atoms with van der Waals surface area (Å²) < 4.78 is 11.5. The van der Waals surface area contributed by atoms with Gasteiger partial charge in [-0.3, -0.25) is 0 Å². The molecule has 1 aliphatic heterocycles. The minimum absolute atomic E-state index is 0.0378. The highest BCUT2D eigenvalue weighted by Crippen LogP contribution is 2.29. The minimum Gasteiger partial charge on any atom is -0.491 e. The average Bonchev–Trinajstić information content (AvgIpc) is 2.76. The van der Waals surface area contributed by atoms with Gasteiger partial charge in [-0.2, -0.15) is 0 Å². The van der Waals surface area contributed by atoms with Gasteiger partial charge in [0.25, 0.3) is 0 Å². The van der Waals surface area contributed by atoms with E-state index in [1.54, 1.807) is 24.3 Å². The van der Waals surface area contributed by atoms with Crippen molar-refractivity contribution in [1.82, 2.24) is 0 Å². The van der Waals surface area contributed by atoms with Crippen LogP contribution in [0.4, 0.5) is 0 Å². The van der Waals surface area contributed by atoms with Crippen LogP contribution in [0.5, 0.6) is 5.75 Å². The standard InChI is InChI=1S/C14H20N2O3/c1-14(2)8-7-12(19-14)9-18-11-5-3-10(4-6-11)13(15)16-17/h3-6,12,17H,7-9H2,1-2H3,(H2,15,16). The van der Waals surface area contributed by atoms with E-state index in [0.29, 0.717) is 12.2 Å². The largest absolute Gasteiger partial charge is 0.491 e. The Labute approximate surface area is 113 Å². The third kappa shape index (κ3) is 3.61. The molecule has 5 nitrogen and oxygen atoms in total. The van der Waals surface area contributed by atoms with Gasteiger partial charge in [-0.05, 0) is 51.0 Å². The van der Waals surface area contributed by atoms with Crippen LogP contribution in [0.1, 0.15) is 32.3 Å². The molecule has 1 aromatic rings. The quantitative estimate of drug-likeness (QED) is 0.378. The van der Waals surface area contributed by atoms with Gasteiger partial charge in [0.2, 0.25) is 0 Å². The average molecular weight is 264 g/mol. The molecule has 1 fully saturated rings. The summed E-state index contributed by atoms with van der Waals surface area (Å²) in [7, 11) is 0. The zero-order valence-corrected chi connectivity index (χ0v) is 11.3. The molecule has 1 unspecified atom stereocenters. The molecule has 1 atom stereocenters. The smallest absolute Gasteiger partial charge is 0.170 e. The van der Waals surface area contributed by atoms with Gasteiger partial charge in [-0.15, -0.1) is 0 Å². The molecule has 0 bridgehead atoms. The molecule has 19 heavy (non-hydrogen) atoms. The van der Waals surface area contributed by atoms with Crippen LogP contribution >= 0.6 is 0 Å². The van der Waals surface area contributed by atoms with Crippen molar-refractivity contribution in [2.75, 3.05) is 6.61 Å². The second-order valence-corrected chi connectivity index (χ2v) is 5.36. The van der Waals surface area contributed by atoms with Gasteiger partial charge in [0.15, 0.2) is 5.84 Å². The Morgan fingerprint density at radius 1 is 1.47 bits per heavy atom. The molecule has 3 N–H and O–H groups in total. The molecule has 1 saturated heterocycles. The molecule has 0 spiro atoms. The van der Waals surface area contributed by atoms with Crippen LogP contribution in [-0.2, 0) is 4.74 Å². The zero-order chi connectivity index (χ0) is 13.9. The SMILES string of the molecule is CC1(C)CCC(COc2ccc(/C(N)=N/O)cc2)O1. The van der Waals surface area contributed by atoms with Gasteiger partial charge in [-0.25, -0.2) is 0 Å². The molecule has 0 radical (unpaired) electrons. The van der Waals surface area contributed by atoms with Gasteiger partial charge in [0.1, 0.15) is 12.4 Å². The van der Waals surface area contributed by atoms with E-state index in [1.165, 1.54) is 0 Å². The molecule has 1 aliphatic rings. The van der Waals surface area contributed by atoms with E-state index < -0.39 is 0 Å². The van der Waals surface area contributed by atoms with Crippen LogP contribution in [0.15, 0.2) is 29.4 Å². The third-order valence-electron chi connectivity index (χ3n) is 3.25. The fourth-order valence-corrected chi connectivity index (χ4v) is 2.16. The second kappa shape index (κ2) is 5.48. The van der Waals surface area contributed by atoms with E-state index in [-0.39, 0.29) is 17.5 Å². The van der Waals surface area contributed by atoms with Crippen molar-refractivity contribution < 1.29 is 14.7 Å². The maximum Gasteiger partial charge on any atom is 0.170 e. The van der Waals surface area contributed by atoms with Crippen LogP contribution in [0.2, 0.25) is 0 Å². The van der Waals surface area contributed by atoms with E-state index in [0.717, 1.165) is 18.6 Å². The summed E-state index contributed by atoms with van der Waals surface area (Å²) in [5, 5.41) is 11.5. The summed E-state index contributed by atoms with van der Waals surface area (Å²) in [6.45, 7) is 4.74. The van der Waals surface area contributed by atoms with E-state index in [2.05, 4.69) is 19.0 Å². The predicted molar refractivity (Wildman–Crippen MR) is 72.6 cm³/mol. The molecule has 0 aromatic heterocycles. The van der Waals surface area contributed by atoms with Crippen LogP contribution < -0.4 is 10.5 Å². The van der Waals surface area contributed by atoms with Gasteiger partial charge in [0.05, 0.1) is 11.7 Å². The molecular weight excluding hydrogens is 244 g/mol. The summed E-state index contributed by atoms with van der Waals surface area (Å²) >= 11 is 0. The van der Waals surface area contributed by atoms with Gasteiger partial charge in [0, 0.05) is 5.56 Å². The number of amidine groups is 1. The van der Waals surface area contributed by atoms with Crippen molar-refractivity contribution in [3.63, 3.8) is 0 Å². The molecule has 1 heterocycles. The second-order valence-electron chi connectivity index (χ2n) is 5.36. The Hall–Kier alpha value is -1.75. The van der Waals surface area contributed by atoms with Crippen LogP contribution in [0, 0.1) is 0 Å². The Kier molecular flexibility index (Phi) is 3.95. The number of nitrogens with zero attached hydrogens (tertiary/aromatic N) is 1. The van der Waals surface area contributed by atoms with Crippen molar-refractivity contribution in [3.8, 4) is 5.75 Å². The minimum atomic E-state index is -0.0378. The summed E-state index contributed by atoms with van der Waals surface area (Å²) in [5.74, 6) is 0.843. The topological polar surface area (TPSA) is 77.1 Å². The number of hydrogen-bond acceptors (Lipinski definition) is 4. The third-order valence-corrected chi connectivity index (χ3v) is 3.25. The fraction of sp³-hybridized carbons (Fsp3) is 0.500. The summed E-state index contributed by atoms with van der Waals surface area (Å²) in [4.78, 5) is 0. The van der Waals surface area contributed by atoms with Gasteiger partial charge >= 0.3 is 0 Å². The lowest BCUT2D eigenvalue weighted by Gasteiger charge is -2.19. The van der Waals surface area contributed by atoms with Gasteiger partial charge < -0.3 is 20.4 Å². The lowest BCUT2D eigenvalue weighted by atomic mass is 10.1. The van der Waals surface area contributed by atoms with E-state index >= 15 is 0 Å². The van der Waals surface area contributed by atoms with E-state index in [4.69, 9.17) is 20.4 Å². The Balaban J connectivity index is 1.87. The Morgan fingerprint density at radius 2 is 2.16 bits per heavy atom. The molecule has 2 rings (SSSR count). The monoisotopic (exact) mass is 264 g/mol. The molecule has 1 aromatic carbocycles. The highest BCUT2D eigenvalue weighted by molar-refractivity contribution is 5.97. The summed E-state index contributed by atoms with van der Waals surface area (Å²) in [6.07, 6.45) is 2.23. The van der Waals surface area contributed by atoms with Crippen molar-refractivity contribution in [3.05, 3.63) is 29.8 Å². The normalized spacial score (nSPS) is 22.4. The predicted octanol–water partition coefficient (Wildman–Crippen LogP) is 2.12. The first-order valence-corrected chi connectivity index (χ1v) is 6.39. The number of nitrogens with two attached hydrogens (primary N) is 1. The number of rotatable bonds is 4. The molecule has 0 aliphatic carbocycles. The van der Waals surface area contributed by atoms with Crippen molar-refractivity contribution in [2.24, 2.45) is 10.9 Å². The number of oxime groups is 1. The first-order valence-electron chi connectivity index (χ1n) is 6.39. The van der Waals surface area contributed by atoms with Crippen LogP contribution in [0.3, 0.4) is 0 Å². The highest BCUT2D eigenvalue weighted by atomic mass is 16.6. The van der Waals surface area contributed by atoms with E-state index in [1.807, 2.05) is 0 Å². The highest BCUT2D eigenvalue weighted by Gasteiger charge is 2.31. The van der Waals surface area contributed by atoms with Crippen molar-refractivity contribution in [1.29, 1.82) is 0 Å². The fourth-order valence-electron chi connectivity index (χ4n) is 2.16. The lowest BCUT2D eigenvalue weighted by Crippen LogP contribution is -2.23. The maximum atomic E-state index is 8.57. The van der Waals surface area contributed by atoms with Gasteiger partial charge in [-0.1, -0.05) is 5.16 Å². The zero-order valence-electron chi connectivity index (χ0n) is 11.3. The maximum absolute atomic E-state index is 8.57. The molecule has 0 saturated carbocycles. The number of ether oxygens (including phenoxy) is 2. The van der Waals surface area contributed by atoms with E-state index in [9.17, 15) is 0 Å². The Bertz CT molecular complexity index is 454. The first kappa shape index (κ1) is 13.7. The molecule has 104 valence electrons. The molecular formula is C14H20N2O3. The summed E-state index contributed by atoms with van der Waals surface area (Å²) in [5.41, 5.74) is 6.11. The lowest BCUT2D eigenvalue weighted by molar-refractivity contribution is -0.0326. The number of benzene rings is 1.